The summed E-state index contributed by atoms with van der Waals surface area (Å²) in [4.78, 5) is 0.219. The average molecular weight is 387 g/mol. The molecule has 1 N–H and O–H groups in total. The van der Waals surface area contributed by atoms with Gasteiger partial charge in [0.25, 0.3) is 5.89 Å². The van der Waals surface area contributed by atoms with Crippen LogP contribution in [0.2, 0.25) is 0 Å². The van der Waals surface area contributed by atoms with E-state index in [0.717, 1.165) is 31.2 Å². The highest BCUT2D eigenvalue weighted by Gasteiger charge is 2.19. The van der Waals surface area contributed by atoms with E-state index in [1.165, 1.54) is 17.7 Å². The molecule has 0 atom stereocenters. The third kappa shape index (κ3) is 3.77. The number of aryl methyl sites for hydroxylation is 2. The van der Waals surface area contributed by atoms with E-state index in [-0.39, 0.29) is 28.8 Å². The van der Waals surface area contributed by atoms with Gasteiger partial charge in [0.2, 0.25) is 15.9 Å². The van der Waals surface area contributed by atoms with E-state index in [1.807, 2.05) is 6.07 Å². The van der Waals surface area contributed by atoms with Gasteiger partial charge >= 0.3 is 0 Å². The van der Waals surface area contributed by atoms with E-state index in [9.17, 15) is 12.8 Å². The number of halogens is 1. The molecule has 1 heterocycles. The van der Waals surface area contributed by atoms with Crippen LogP contribution in [0.1, 0.15) is 29.9 Å². The Hall–Kier alpha value is -2.58. The highest BCUT2D eigenvalue weighted by atomic mass is 32.2. The number of aromatic nitrogens is 2. The van der Waals surface area contributed by atoms with Crippen molar-refractivity contribution in [1.82, 2.24) is 14.9 Å². The largest absolute Gasteiger partial charge is 0.419 e. The van der Waals surface area contributed by atoms with Gasteiger partial charge in [-0.1, -0.05) is 18.2 Å². The van der Waals surface area contributed by atoms with E-state index in [0.29, 0.717) is 0 Å². The molecule has 140 valence electrons. The summed E-state index contributed by atoms with van der Waals surface area (Å²) in [7, 11) is -3.71. The fourth-order valence-electron chi connectivity index (χ4n) is 3.19. The SMILES string of the molecule is O=S(=O)(NCc1nnc(-c2ccccc2F)o1)c1ccc2c(c1)CCCC2. The summed E-state index contributed by atoms with van der Waals surface area (Å²) >= 11 is 0. The van der Waals surface area contributed by atoms with Gasteiger partial charge in [0, 0.05) is 0 Å². The molecule has 27 heavy (non-hydrogen) atoms. The molecule has 0 saturated heterocycles. The molecule has 0 radical (unpaired) electrons. The lowest BCUT2D eigenvalue weighted by Gasteiger charge is -2.16. The fourth-order valence-corrected chi connectivity index (χ4v) is 4.21. The van der Waals surface area contributed by atoms with Gasteiger partial charge in [-0.3, -0.25) is 0 Å². The van der Waals surface area contributed by atoms with E-state index in [4.69, 9.17) is 4.42 Å². The Labute approximate surface area is 156 Å². The highest BCUT2D eigenvalue weighted by molar-refractivity contribution is 7.89. The van der Waals surface area contributed by atoms with Gasteiger partial charge in [-0.2, -0.15) is 0 Å². The second-order valence-corrected chi connectivity index (χ2v) is 8.21. The van der Waals surface area contributed by atoms with Crippen molar-refractivity contribution < 1.29 is 17.2 Å². The van der Waals surface area contributed by atoms with Crippen molar-refractivity contribution in [3.05, 3.63) is 65.3 Å². The third-order valence-electron chi connectivity index (χ3n) is 4.61. The summed E-state index contributed by atoms with van der Waals surface area (Å²) in [5.74, 6) is -0.409. The summed E-state index contributed by atoms with van der Waals surface area (Å²) in [6, 6.07) is 11.2. The number of sulfonamides is 1. The molecule has 6 nitrogen and oxygen atoms in total. The Morgan fingerprint density at radius 1 is 1.04 bits per heavy atom. The molecule has 8 heteroatoms. The predicted molar refractivity (Wildman–Crippen MR) is 96.8 cm³/mol. The molecule has 2 aromatic carbocycles. The molecule has 0 fully saturated rings. The monoisotopic (exact) mass is 387 g/mol. The number of fused-ring (bicyclic) bond motifs is 1. The molecule has 1 aliphatic rings. The number of nitrogens with one attached hydrogen (secondary N) is 1. The van der Waals surface area contributed by atoms with Crippen molar-refractivity contribution in [1.29, 1.82) is 0 Å². The van der Waals surface area contributed by atoms with Crippen LogP contribution in [0.4, 0.5) is 4.39 Å². The Bertz CT molecular complexity index is 1080. The first-order chi connectivity index (χ1) is 13.0. The molecule has 3 aromatic rings. The van der Waals surface area contributed by atoms with Crippen LogP contribution >= 0.6 is 0 Å². The topological polar surface area (TPSA) is 85.1 Å². The number of nitrogens with zero attached hydrogens (tertiary/aromatic N) is 2. The maximum Gasteiger partial charge on any atom is 0.250 e. The lowest BCUT2D eigenvalue weighted by atomic mass is 9.92. The second kappa shape index (κ2) is 7.21. The summed E-state index contributed by atoms with van der Waals surface area (Å²) in [6.45, 7) is -0.166. The molecular formula is C19H18FN3O3S. The average Bonchev–Trinajstić information content (AvgIpc) is 3.15. The smallest absolute Gasteiger partial charge is 0.250 e. The van der Waals surface area contributed by atoms with Crippen molar-refractivity contribution in [2.24, 2.45) is 0 Å². The van der Waals surface area contributed by atoms with Crippen molar-refractivity contribution in [3.8, 4) is 11.5 Å². The van der Waals surface area contributed by atoms with Crippen molar-refractivity contribution in [2.45, 2.75) is 37.1 Å². The molecule has 1 aromatic heterocycles. The van der Waals surface area contributed by atoms with Crippen molar-refractivity contribution in [2.75, 3.05) is 0 Å². The zero-order valence-corrected chi connectivity index (χ0v) is 15.3. The maximum absolute atomic E-state index is 13.8. The normalized spacial score (nSPS) is 14.1. The molecule has 4 rings (SSSR count). The van der Waals surface area contributed by atoms with Crippen LogP contribution in [0.15, 0.2) is 51.8 Å². The van der Waals surface area contributed by atoms with Crippen LogP contribution < -0.4 is 4.72 Å². The molecule has 0 spiro atoms. The minimum Gasteiger partial charge on any atom is -0.419 e. The van der Waals surface area contributed by atoms with E-state index in [1.54, 1.807) is 24.3 Å². The zero-order valence-electron chi connectivity index (χ0n) is 14.5. The Balaban J connectivity index is 1.49. The van der Waals surface area contributed by atoms with Gasteiger partial charge in [-0.15, -0.1) is 10.2 Å². The van der Waals surface area contributed by atoms with Gasteiger partial charge in [-0.25, -0.2) is 17.5 Å². The lowest BCUT2D eigenvalue weighted by molar-refractivity contribution is 0.490. The standard InChI is InChI=1S/C19H18FN3O3S/c20-17-8-4-3-7-16(17)19-23-22-18(26-19)12-21-27(24,25)15-10-9-13-5-1-2-6-14(13)11-15/h3-4,7-11,21H,1-2,5-6,12H2. The van der Waals surface area contributed by atoms with Crippen molar-refractivity contribution in [3.63, 3.8) is 0 Å². The zero-order chi connectivity index (χ0) is 18.9. The van der Waals surface area contributed by atoms with Crippen LogP contribution in [0.3, 0.4) is 0 Å². The van der Waals surface area contributed by atoms with E-state index in [2.05, 4.69) is 14.9 Å². The molecule has 0 aliphatic heterocycles. The molecule has 0 unspecified atom stereocenters. The van der Waals surface area contributed by atoms with Gasteiger partial charge in [0.05, 0.1) is 17.0 Å². The van der Waals surface area contributed by atoms with Gasteiger partial charge in [0.1, 0.15) is 5.82 Å². The Morgan fingerprint density at radius 3 is 2.63 bits per heavy atom. The number of hydrogen-bond acceptors (Lipinski definition) is 5. The van der Waals surface area contributed by atoms with Crippen LogP contribution in [0.5, 0.6) is 0 Å². The third-order valence-corrected chi connectivity index (χ3v) is 6.01. The van der Waals surface area contributed by atoms with Crippen LogP contribution in [0, 0.1) is 5.82 Å². The number of benzene rings is 2. The summed E-state index contributed by atoms with van der Waals surface area (Å²) in [5.41, 5.74) is 2.48. The second-order valence-electron chi connectivity index (χ2n) is 6.44. The number of hydrogen-bond donors (Lipinski definition) is 1. The molecule has 0 amide bonds. The van der Waals surface area contributed by atoms with Crippen LogP contribution in [0.25, 0.3) is 11.5 Å². The van der Waals surface area contributed by atoms with Gasteiger partial charge in [0.15, 0.2) is 0 Å². The van der Waals surface area contributed by atoms with E-state index >= 15 is 0 Å². The first-order valence-corrected chi connectivity index (χ1v) is 10.2. The molecule has 0 bridgehead atoms. The maximum atomic E-state index is 13.8. The summed E-state index contributed by atoms with van der Waals surface area (Å²) < 4.78 is 46.7. The molecular weight excluding hydrogens is 369 g/mol. The van der Waals surface area contributed by atoms with Gasteiger partial charge < -0.3 is 4.42 Å². The molecule has 0 saturated carbocycles. The lowest BCUT2D eigenvalue weighted by Crippen LogP contribution is -2.23. The van der Waals surface area contributed by atoms with Crippen LogP contribution in [-0.4, -0.2) is 18.6 Å². The fraction of sp³-hybridized carbons (Fsp3) is 0.263. The quantitative estimate of drug-likeness (QED) is 0.726. The van der Waals surface area contributed by atoms with Crippen LogP contribution in [-0.2, 0) is 29.4 Å². The minimum atomic E-state index is -3.71. The molecule has 1 aliphatic carbocycles. The summed E-state index contributed by atoms with van der Waals surface area (Å²) in [5, 5.41) is 7.58. The highest BCUT2D eigenvalue weighted by Crippen LogP contribution is 2.24. The summed E-state index contributed by atoms with van der Waals surface area (Å²) in [6.07, 6.45) is 4.10. The van der Waals surface area contributed by atoms with E-state index < -0.39 is 15.8 Å². The first-order valence-electron chi connectivity index (χ1n) is 8.72. The minimum absolute atomic E-state index is 0.0103. The van der Waals surface area contributed by atoms with Crippen molar-refractivity contribution >= 4 is 10.0 Å². The first kappa shape index (κ1) is 17.8. The Morgan fingerprint density at radius 2 is 1.81 bits per heavy atom. The van der Waals surface area contributed by atoms with Gasteiger partial charge in [-0.05, 0) is 61.1 Å². The predicted octanol–water partition coefficient (Wildman–Crippen LogP) is 3.23. The number of rotatable bonds is 5. The Kier molecular flexibility index (Phi) is 4.75.